The molecule has 0 bridgehead atoms. The topological polar surface area (TPSA) is 15.8 Å². The van der Waals surface area contributed by atoms with E-state index in [0.29, 0.717) is 0 Å². The van der Waals surface area contributed by atoms with Crippen LogP contribution in [0.1, 0.15) is 0 Å². The van der Waals surface area contributed by atoms with E-state index in [2.05, 4.69) is 75.5 Å². The Hall–Kier alpha value is -1.84. The number of fused-ring (bicyclic) bond motifs is 7. The van der Waals surface area contributed by atoms with Crippen LogP contribution in [0.15, 0.2) is 59.1 Å². The molecule has 5 rings (SSSR count). The SMILES string of the molecule is Brc1cc2c3ccccc3sc2c2[nH]c3ccccc3c12. The second-order valence-corrected chi connectivity index (χ2v) is 7.16. The van der Waals surface area contributed by atoms with Crippen molar-refractivity contribution in [1.29, 1.82) is 0 Å². The fourth-order valence-electron chi connectivity index (χ4n) is 3.15. The van der Waals surface area contributed by atoms with Crippen molar-refractivity contribution < 1.29 is 0 Å². The molecule has 2 heterocycles. The maximum atomic E-state index is 3.77. The Morgan fingerprint density at radius 3 is 2.52 bits per heavy atom. The molecule has 0 radical (unpaired) electrons. The number of hydrogen-bond acceptors (Lipinski definition) is 1. The summed E-state index contributed by atoms with van der Waals surface area (Å²) in [6, 6.07) is 19.4. The Bertz CT molecular complexity index is 1150. The summed E-state index contributed by atoms with van der Waals surface area (Å²) in [5, 5.41) is 5.21. The summed E-state index contributed by atoms with van der Waals surface area (Å²) in [6.45, 7) is 0. The van der Waals surface area contributed by atoms with Gasteiger partial charge in [-0.2, -0.15) is 0 Å². The van der Waals surface area contributed by atoms with Crippen molar-refractivity contribution in [3.63, 3.8) is 0 Å². The van der Waals surface area contributed by atoms with Crippen molar-refractivity contribution in [3.8, 4) is 0 Å². The van der Waals surface area contributed by atoms with E-state index >= 15 is 0 Å². The predicted octanol–water partition coefficient (Wildman–Crippen LogP) is 6.45. The Balaban J connectivity index is 2.14. The molecule has 5 aromatic rings. The van der Waals surface area contributed by atoms with E-state index in [1.54, 1.807) is 0 Å². The summed E-state index contributed by atoms with van der Waals surface area (Å²) in [6.07, 6.45) is 0. The third-order valence-corrected chi connectivity index (χ3v) is 5.91. The van der Waals surface area contributed by atoms with Gasteiger partial charge in [0.1, 0.15) is 0 Å². The maximum absolute atomic E-state index is 3.77. The minimum absolute atomic E-state index is 1.16. The first kappa shape index (κ1) is 11.8. The highest BCUT2D eigenvalue weighted by Crippen LogP contribution is 2.43. The number of hydrogen-bond donors (Lipinski definition) is 1. The Morgan fingerprint density at radius 2 is 1.62 bits per heavy atom. The van der Waals surface area contributed by atoms with Crippen molar-refractivity contribution in [2.45, 2.75) is 0 Å². The number of thiophene rings is 1. The molecule has 0 aliphatic carbocycles. The van der Waals surface area contributed by atoms with Crippen molar-refractivity contribution in [2.75, 3.05) is 0 Å². The molecule has 1 nitrogen and oxygen atoms in total. The first-order valence-corrected chi connectivity index (χ1v) is 8.44. The predicted molar refractivity (Wildman–Crippen MR) is 96.4 cm³/mol. The maximum Gasteiger partial charge on any atom is 0.0657 e. The fourth-order valence-corrected chi connectivity index (χ4v) is 4.98. The number of rotatable bonds is 0. The van der Waals surface area contributed by atoms with Crippen LogP contribution in [0.25, 0.3) is 42.0 Å². The van der Waals surface area contributed by atoms with Crippen LogP contribution in [0.2, 0.25) is 0 Å². The van der Waals surface area contributed by atoms with Gasteiger partial charge in [0.2, 0.25) is 0 Å². The fraction of sp³-hybridized carbons (Fsp3) is 0. The summed E-state index contributed by atoms with van der Waals surface area (Å²) in [5.41, 5.74) is 2.43. The molecule has 0 saturated carbocycles. The molecule has 21 heavy (non-hydrogen) atoms. The third-order valence-electron chi connectivity index (χ3n) is 4.08. The van der Waals surface area contributed by atoms with Crippen molar-refractivity contribution in [2.24, 2.45) is 0 Å². The smallest absolute Gasteiger partial charge is 0.0657 e. The number of H-pyrrole nitrogens is 1. The molecule has 0 atom stereocenters. The van der Waals surface area contributed by atoms with E-state index in [1.807, 2.05) is 11.3 Å². The summed E-state index contributed by atoms with van der Waals surface area (Å²) < 4.78 is 3.84. The largest absolute Gasteiger partial charge is 0.353 e. The van der Waals surface area contributed by atoms with E-state index in [4.69, 9.17) is 0 Å². The van der Waals surface area contributed by atoms with Crippen LogP contribution in [0, 0.1) is 0 Å². The molecule has 0 unspecified atom stereocenters. The molecule has 2 aromatic heterocycles. The number of para-hydroxylation sites is 1. The van der Waals surface area contributed by atoms with E-state index < -0.39 is 0 Å². The number of nitrogens with one attached hydrogen (secondary N) is 1. The standard InChI is InChI=1S/C18H10BrNS/c19-13-9-12-10-5-2-4-8-15(10)21-18(12)17-16(13)11-6-1-3-7-14(11)20-17/h1-9,20H. The zero-order valence-electron chi connectivity index (χ0n) is 11.0. The van der Waals surface area contributed by atoms with Crippen LogP contribution in [-0.4, -0.2) is 4.98 Å². The zero-order valence-corrected chi connectivity index (χ0v) is 13.4. The molecule has 0 aliphatic rings. The van der Waals surface area contributed by atoms with E-state index in [0.717, 1.165) is 4.47 Å². The molecule has 0 fully saturated rings. The minimum atomic E-state index is 1.16. The highest BCUT2D eigenvalue weighted by molar-refractivity contribution is 9.10. The molecule has 1 N–H and O–H groups in total. The summed E-state index contributed by atoms with van der Waals surface area (Å²) in [7, 11) is 0. The lowest BCUT2D eigenvalue weighted by molar-refractivity contribution is 1.57. The molecule has 3 aromatic carbocycles. The lowest BCUT2D eigenvalue weighted by Crippen LogP contribution is -1.73. The zero-order chi connectivity index (χ0) is 14.0. The molecular weight excluding hydrogens is 342 g/mol. The number of aromatic nitrogens is 1. The quantitative estimate of drug-likeness (QED) is 0.330. The monoisotopic (exact) mass is 351 g/mol. The molecule has 0 amide bonds. The second kappa shape index (κ2) is 4.09. The van der Waals surface area contributed by atoms with E-state index in [9.17, 15) is 0 Å². The van der Waals surface area contributed by atoms with Gasteiger partial charge in [0.25, 0.3) is 0 Å². The van der Waals surface area contributed by atoms with Gasteiger partial charge >= 0.3 is 0 Å². The number of aromatic amines is 1. The van der Waals surface area contributed by atoms with Crippen molar-refractivity contribution >= 4 is 69.2 Å². The molecule has 0 saturated heterocycles. The number of benzene rings is 3. The molecule has 0 aliphatic heterocycles. The third kappa shape index (κ3) is 1.50. The van der Waals surface area contributed by atoms with Gasteiger partial charge < -0.3 is 4.98 Å². The first-order chi connectivity index (χ1) is 10.3. The van der Waals surface area contributed by atoms with Crippen LogP contribution in [0.3, 0.4) is 0 Å². The Morgan fingerprint density at radius 1 is 0.857 bits per heavy atom. The van der Waals surface area contributed by atoms with E-state index in [1.165, 1.54) is 42.0 Å². The summed E-state index contributed by atoms with van der Waals surface area (Å²) >= 11 is 5.64. The number of halogens is 1. The summed E-state index contributed by atoms with van der Waals surface area (Å²) in [5.74, 6) is 0. The van der Waals surface area contributed by atoms with Crippen LogP contribution >= 0.6 is 27.3 Å². The lowest BCUT2D eigenvalue weighted by Gasteiger charge is -1.98. The normalized spacial score (nSPS) is 12.0. The van der Waals surface area contributed by atoms with E-state index in [-0.39, 0.29) is 0 Å². The second-order valence-electron chi connectivity index (χ2n) is 5.25. The molecule has 3 heteroatoms. The van der Waals surface area contributed by atoms with Gasteiger partial charge in [-0.25, -0.2) is 0 Å². The van der Waals surface area contributed by atoms with Gasteiger partial charge in [0.15, 0.2) is 0 Å². The Labute approximate surface area is 133 Å². The lowest BCUT2D eigenvalue weighted by atomic mass is 10.1. The van der Waals surface area contributed by atoms with Crippen LogP contribution in [0.4, 0.5) is 0 Å². The minimum Gasteiger partial charge on any atom is -0.353 e. The van der Waals surface area contributed by atoms with Gasteiger partial charge in [-0.3, -0.25) is 0 Å². The first-order valence-electron chi connectivity index (χ1n) is 6.83. The van der Waals surface area contributed by atoms with Crippen molar-refractivity contribution in [3.05, 3.63) is 59.1 Å². The van der Waals surface area contributed by atoms with Crippen LogP contribution < -0.4 is 0 Å². The van der Waals surface area contributed by atoms with Gasteiger partial charge in [0.05, 0.1) is 10.2 Å². The Kier molecular flexibility index (Phi) is 2.29. The highest BCUT2D eigenvalue weighted by atomic mass is 79.9. The average molecular weight is 352 g/mol. The van der Waals surface area contributed by atoms with Crippen LogP contribution in [-0.2, 0) is 0 Å². The van der Waals surface area contributed by atoms with Gasteiger partial charge in [-0.05, 0) is 18.2 Å². The van der Waals surface area contributed by atoms with Gasteiger partial charge in [-0.15, -0.1) is 11.3 Å². The van der Waals surface area contributed by atoms with Crippen LogP contribution in [0.5, 0.6) is 0 Å². The van der Waals surface area contributed by atoms with Gasteiger partial charge in [-0.1, -0.05) is 52.3 Å². The molecule has 100 valence electrons. The average Bonchev–Trinajstić information content (AvgIpc) is 3.06. The molecular formula is C18H10BrNS. The highest BCUT2D eigenvalue weighted by Gasteiger charge is 2.14. The van der Waals surface area contributed by atoms with Crippen molar-refractivity contribution in [1.82, 2.24) is 4.98 Å². The molecule has 0 spiro atoms. The van der Waals surface area contributed by atoms with Gasteiger partial charge in [0, 0.05) is 36.2 Å². The summed E-state index contributed by atoms with van der Waals surface area (Å²) in [4.78, 5) is 3.60.